The van der Waals surface area contributed by atoms with Gasteiger partial charge in [0.05, 0.1) is 5.92 Å². The van der Waals surface area contributed by atoms with Crippen molar-refractivity contribution in [1.82, 2.24) is 15.3 Å². The van der Waals surface area contributed by atoms with Gasteiger partial charge < -0.3 is 10.2 Å². The number of aromatic nitrogens is 2. The third kappa shape index (κ3) is 3.15. The summed E-state index contributed by atoms with van der Waals surface area (Å²) in [6, 6.07) is 3.89. The van der Waals surface area contributed by atoms with Gasteiger partial charge in [-0.1, -0.05) is 18.3 Å². The fourth-order valence-corrected chi connectivity index (χ4v) is 3.59. The minimum atomic E-state index is 0.0743. The Balaban J connectivity index is 1.72. The highest BCUT2D eigenvalue weighted by atomic mass is 32.1. The van der Waals surface area contributed by atoms with Crippen molar-refractivity contribution in [3.8, 4) is 0 Å². The van der Waals surface area contributed by atoms with Crippen molar-refractivity contribution in [2.75, 3.05) is 24.5 Å². The van der Waals surface area contributed by atoms with E-state index in [1.165, 1.54) is 0 Å². The average molecular weight is 304 g/mol. The fourth-order valence-electron chi connectivity index (χ4n) is 2.65. The van der Waals surface area contributed by atoms with Gasteiger partial charge in [0.15, 0.2) is 5.13 Å². The van der Waals surface area contributed by atoms with E-state index in [1.54, 1.807) is 17.5 Å². The average Bonchev–Trinajstić information content (AvgIpc) is 2.97. The Morgan fingerprint density at radius 1 is 1.57 bits per heavy atom. The van der Waals surface area contributed by atoms with Crippen molar-refractivity contribution in [1.29, 1.82) is 0 Å². The monoisotopic (exact) mass is 304 g/mol. The topological polar surface area (TPSA) is 58.1 Å². The Bertz CT molecular complexity index is 594. The molecule has 5 nitrogen and oxygen atoms in total. The number of nitrogens with zero attached hydrogens (tertiary/aromatic N) is 3. The van der Waals surface area contributed by atoms with Gasteiger partial charge in [-0.15, -0.1) is 0 Å². The van der Waals surface area contributed by atoms with E-state index in [2.05, 4.69) is 27.1 Å². The normalized spacial score (nSPS) is 18.9. The second-order valence-electron chi connectivity index (χ2n) is 5.40. The zero-order valence-corrected chi connectivity index (χ0v) is 13.0. The highest BCUT2D eigenvalue weighted by Crippen LogP contribution is 2.30. The van der Waals surface area contributed by atoms with E-state index in [-0.39, 0.29) is 11.8 Å². The van der Waals surface area contributed by atoms with Gasteiger partial charge in [-0.05, 0) is 31.4 Å². The SMILES string of the molecule is CCCNC(=O)C1CCCN(c2nc3cccnc3s2)C1. The Kier molecular flexibility index (Phi) is 4.34. The summed E-state index contributed by atoms with van der Waals surface area (Å²) >= 11 is 1.61. The van der Waals surface area contributed by atoms with E-state index in [0.717, 1.165) is 54.4 Å². The molecule has 1 N–H and O–H groups in total. The van der Waals surface area contributed by atoms with E-state index in [9.17, 15) is 4.79 Å². The predicted octanol–water partition coefficient (Wildman–Crippen LogP) is 2.43. The van der Waals surface area contributed by atoms with Crippen LogP contribution in [-0.4, -0.2) is 35.5 Å². The van der Waals surface area contributed by atoms with Crippen LogP contribution in [0.5, 0.6) is 0 Å². The number of rotatable bonds is 4. The van der Waals surface area contributed by atoms with Crippen LogP contribution < -0.4 is 10.2 Å². The molecule has 1 aliphatic heterocycles. The van der Waals surface area contributed by atoms with Crippen molar-refractivity contribution in [2.24, 2.45) is 5.92 Å². The lowest BCUT2D eigenvalue weighted by Crippen LogP contribution is -2.43. The van der Waals surface area contributed by atoms with Gasteiger partial charge in [0.1, 0.15) is 10.3 Å². The molecule has 112 valence electrons. The molecule has 1 amide bonds. The fraction of sp³-hybridized carbons (Fsp3) is 0.533. The molecule has 3 rings (SSSR count). The summed E-state index contributed by atoms with van der Waals surface area (Å²) in [5.74, 6) is 0.256. The summed E-state index contributed by atoms with van der Waals surface area (Å²) in [6.45, 7) is 4.56. The van der Waals surface area contributed by atoms with Crippen molar-refractivity contribution < 1.29 is 4.79 Å². The molecule has 0 spiro atoms. The lowest BCUT2D eigenvalue weighted by molar-refractivity contribution is -0.125. The number of carbonyl (C=O) groups excluding carboxylic acids is 1. The largest absolute Gasteiger partial charge is 0.356 e. The lowest BCUT2D eigenvalue weighted by Gasteiger charge is -2.31. The van der Waals surface area contributed by atoms with Crippen molar-refractivity contribution in [2.45, 2.75) is 26.2 Å². The second-order valence-corrected chi connectivity index (χ2v) is 6.36. The first-order valence-electron chi connectivity index (χ1n) is 7.52. The molecule has 3 heterocycles. The smallest absolute Gasteiger partial charge is 0.224 e. The van der Waals surface area contributed by atoms with Crippen molar-refractivity contribution in [3.05, 3.63) is 18.3 Å². The van der Waals surface area contributed by atoms with Crippen LogP contribution in [0, 0.1) is 5.92 Å². The summed E-state index contributed by atoms with van der Waals surface area (Å²) in [6.07, 6.45) is 4.77. The summed E-state index contributed by atoms with van der Waals surface area (Å²) in [4.78, 5) is 24.3. The quantitative estimate of drug-likeness (QED) is 0.942. The standard InChI is InChI=1S/C15H20N4OS/c1-2-7-16-13(20)11-5-4-9-19(10-11)15-18-12-6-3-8-17-14(12)21-15/h3,6,8,11H,2,4-5,7,9-10H2,1H3,(H,16,20). The first-order chi connectivity index (χ1) is 10.3. The Morgan fingerprint density at radius 3 is 3.29 bits per heavy atom. The molecule has 0 saturated carbocycles. The highest BCUT2D eigenvalue weighted by molar-refractivity contribution is 7.21. The predicted molar refractivity (Wildman–Crippen MR) is 85.7 cm³/mol. The number of nitrogens with one attached hydrogen (secondary N) is 1. The number of hydrogen-bond acceptors (Lipinski definition) is 5. The van der Waals surface area contributed by atoms with E-state index in [0.29, 0.717) is 0 Å². The number of anilines is 1. The Hall–Kier alpha value is -1.69. The maximum atomic E-state index is 12.1. The Morgan fingerprint density at radius 2 is 2.48 bits per heavy atom. The number of piperidine rings is 1. The van der Waals surface area contributed by atoms with E-state index in [4.69, 9.17) is 0 Å². The molecule has 1 aliphatic rings. The number of thiazole rings is 1. The van der Waals surface area contributed by atoms with Crippen LogP contribution in [0.25, 0.3) is 10.3 Å². The van der Waals surface area contributed by atoms with Crippen molar-refractivity contribution in [3.63, 3.8) is 0 Å². The zero-order chi connectivity index (χ0) is 14.7. The molecule has 0 radical (unpaired) electrons. The molecular formula is C15H20N4OS. The van der Waals surface area contributed by atoms with Crippen LogP contribution >= 0.6 is 11.3 Å². The maximum absolute atomic E-state index is 12.1. The van der Waals surface area contributed by atoms with Crippen LogP contribution in [-0.2, 0) is 4.79 Å². The minimum Gasteiger partial charge on any atom is -0.356 e. The summed E-state index contributed by atoms with van der Waals surface area (Å²) in [7, 11) is 0. The first kappa shape index (κ1) is 14.3. The molecular weight excluding hydrogens is 284 g/mol. The summed E-state index contributed by atoms with van der Waals surface area (Å²) in [5, 5.41) is 3.99. The molecule has 6 heteroatoms. The third-order valence-corrected chi connectivity index (χ3v) is 4.81. The number of carbonyl (C=O) groups is 1. The van der Waals surface area contributed by atoms with Gasteiger partial charge in [0, 0.05) is 25.8 Å². The van der Waals surface area contributed by atoms with Gasteiger partial charge in [0.2, 0.25) is 5.91 Å². The number of hydrogen-bond donors (Lipinski definition) is 1. The molecule has 1 saturated heterocycles. The number of fused-ring (bicyclic) bond motifs is 1. The second kappa shape index (κ2) is 6.39. The molecule has 21 heavy (non-hydrogen) atoms. The highest BCUT2D eigenvalue weighted by Gasteiger charge is 2.27. The molecule has 1 unspecified atom stereocenters. The summed E-state index contributed by atoms with van der Waals surface area (Å²) in [5.41, 5.74) is 0.940. The van der Waals surface area contributed by atoms with Gasteiger partial charge in [-0.25, -0.2) is 9.97 Å². The van der Waals surface area contributed by atoms with Crippen LogP contribution in [0.4, 0.5) is 5.13 Å². The molecule has 1 fully saturated rings. The molecule has 2 aromatic rings. The van der Waals surface area contributed by atoms with Crippen LogP contribution in [0.3, 0.4) is 0 Å². The number of amides is 1. The molecule has 2 aromatic heterocycles. The number of pyridine rings is 1. The van der Waals surface area contributed by atoms with Crippen LogP contribution in [0.2, 0.25) is 0 Å². The first-order valence-corrected chi connectivity index (χ1v) is 8.34. The third-order valence-electron chi connectivity index (χ3n) is 3.77. The maximum Gasteiger partial charge on any atom is 0.224 e. The molecule has 0 aliphatic carbocycles. The Labute approximate surface area is 128 Å². The van der Waals surface area contributed by atoms with E-state index < -0.39 is 0 Å². The van der Waals surface area contributed by atoms with Gasteiger partial charge in [-0.3, -0.25) is 4.79 Å². The lowest BCUT2D eigenvalue weighted by atomic mass is 9.97. The van der Waals surface area contributed by atoms with Gasteiger partial charge in [0.25, 0.3) is 0 Å². The summed E-state index contributed by atoms with van der Waals surface area (Å²) < 4.78 is 0. The van der Waals surface area contributed by atoms with Gasteiger partial charge >= 0.3 is 0 Å². The molecule has 0 aromatic carbocycles. The van der Waals surface area contributed by atoms with E-state index in [1.807, 2.05) is 12.1 Å². The molecule has 0 bridgehead atoms. The van der Waals surface area contributed by atoms with Crippen LogP contribution in [0.15, 0.2) is 18.3 Å². The molecule has 1 atom stereocenters. The minimum absolute atomic E-state index is 0.0743. The van der Waals surface area contributed by atoms with E-state index >= 15 is 0 Å². The van der Waals surface area contributed by atoms with Crippen LogP contribution in [0.1, 0.15) is 26.2 Å². The van der Waals surface area contributed by atoms with Gasteiger partial charge in [-0.2, -0.15) is 0 Å². The zero-order valence-electron chi connectivity index (χ0n) is 12.2. The van der Waals surface area contributed by atoms with Crippen molar-refractivity contribution >= 4 is 32.7 Å².